The van der Waals surface area contributed by atoms with Gasteiger partial charge in [-0.05, 0) is 12.5 Å². The Bertz CT molecular complexity index is 1150. The summed E-state index contributed by atoms with van der Waals surface area (Å²) in [4.78, 5) is 11.7. The van der Waals surface area contributed by atoms with E-state index in [9.17, 15) is 18.3 Å². The van der Waals surface area contributed by atoms with Crippen LogP contribution in [-0.2, 0) is 12.7 Å². The molecule has 148 valence electrons. The van der Waals surface area contributed by atoms with E-state index in [1.165, 1.54) is 6.07 Å². The van der Waals surface area contributed by atoms with Crippen LogP contribution in [0.3, 0.4) is 0 Å². The maximum atomic E-state index is 12.8. The van der Waals surface area contributed by atoms with Gasteiger partial charge in [-0.15, -0.1) is 11.3 Å². The summed E-state index contributed by atoms with van der Waals surface area (Å²) in [6.07, 6.45) is -2.78. The molecule has 0 fully saturated rings. The lowest BCUT2D eigenvalue weighted by Gasteiger charge is -2.03. The molecule has 0 aliphatic rings. The number of hydrogen-bond donors (Lipinski definition) is 1. The Morgan fingerprint density at radius 1 is 1.10 bits per heavy atom. The number of nitrogens with zero attached hydrogens (tertiary/aromatic N) is 5. The monoisotopic (exact) mass is 417 g/mol. The van der Waals surface area contributed by atoms with Crippen LogP contribution in [0.2, 0.25) is 0 Å². The Kier molecular flexibility index (Phi) is 4.79. The molecule has 0 aliphatic heterocycles. The van der Waals surface area contributed by atoms with Crippen molar-refractivity contribution in [1.29, 1.82) is 0 Å². The molecule has 1 aromatic carbocycles. The first-order valence-corrected chi connectivity index (χ1v) is 9.37. The van der Waals surface area contributed by atoms with Gasteiger partial charge in [0.25, 0.3) is 0 Å². The smallest absolute Gasteiger partial charge is 0.434 e. The first-order chi connectivity index (χ1) is 13.8. The number of alkyl halides is 3. The standard InChI is InChI=1S/C19H14F3N5OS/c1-11-13(9-27(26-11)8-12-5-3-2-4-6-12)14-7-16(28)25-17(23-14)18-24-15(10-29-18)19(20,21)22/h2-7,9-10H,8H2,1H3,(H,23,25,28). The second-order valence-electron chi connectivity index (χ2n) is 6.28. The van der Waals surface area contributed by atoms with Crippen LogP contribution in [-0.4, -0.2) is 29.8 Å². The molecular weight excluding hydrogens is 403 g/mol. The van der Waals surface area contributed by atoms with Gasteiger partial charge < -0.3 is 5.11 Å². The van der Waals surface area contributed by atoms with Crippen molar-refractivity contribution in [2.45, 2.75) is 19.6 Å². The fourth-order valence-electron chi connectivity index (χ4n) is 2.80. The van der Waals surface area contributed by atoms with Crippen LogP contribution >= 0.6 is 11.3 Å². The lowest BCUT2D eigenvalue weighted by atomic mass is 10.2. The molecule has 0 amide bonds. The van der Waals surface area contributed by atoms with Gasteiger partial charge in [-0.2, -0.15) is 23.3 Å². The Morgan fingerprint density at radius 3 is 2.55 bits per heavy atom. The van der Waals surface area contributed by atoms with Gasteiger partial charge in [0.2, 0.25) is 5.88 Å². The summed E-state index contributed by atoms with van der Waals surface area (Å²) in [7, 11) is 0. The van der Waals surface area contributed by atoms with Gasteiger partial charge in [-0.3, -0.25) is 4.68 Å². The van der Waals surface area contributed by atoms with Crippen molar-refractivity contribution in [3.05, 3.63) is 64.9 Å². The fourth-order valence-corrected chi connectivity index (χ4v) is 3.55. The Balaban J connectivity index is 1.68. The molecule has 10 heteroatoms. The quantitative estimate of drug-likeness (QED) is 0.527. The highest BCUT2D eigenvalue weighted by Gasteiger charge is 2.34. The van der Waals surface area contributed by atoms with Crippen LogP contribution in [0.1, 0.15) is 17.0 Å². The van der Waals surface area contributed by atoms with Gasteiger partial charge in [-0.25, -0.2) is 9.97 Å². The lowest BCUT2D eigenvalue weighted by molar-refractivity contribution is -0.140. The van der Waals surface area contributed by atoms with Gasteiger partial charge in [0, 0.05) is 23.2 Å². The molecule has 6 nitrogen and oxygen atoms in total. The Hall–Kier alpha value is -3.27. The van der Waals surface area contributed by atoms with E-state index in [0.717, 1.165) is 22.3 Å². The minimum atomic E-state index is -4.55. The number of rotatable bonds is 4. The molecule has 0 radical (unpaired) electrons. The Labute approximate surface area is 167 Å². The van der Waals surface area contributed by atoms with Gasteiger partial charge in [-0.1, -0.05) is 30.3 Å². The number of aromatic hydroxyl groups is 1. The molecule has 0 atom stereocenters. The van der Waals surface area contributed by atoms with Crippen molar-refractivity contribution >= 4 is 11.3 Å². The van der Waals surface area contributed by atoms with Crippen LogP contribution in [0.4, 0.5) is 13.2 Å². The predicted molar refractivity (Wildman–Crippen MR) is 101 cm³/mol. The third kappa shape index (κ3) is 4.11. The van der Waals surface area contributed by atoms with Crippen LogP contribution in [0.5, 0.6) is 5.88 Å². The first-order valence-electron chi connectivity index (χ1n) is 8.49. The molecule has 29 heavy (non-hydrogen) atoms. The van der Waals surface area contributed by atoms with E-state index in [1.54, 1.807) is 17.8 Å². The predicted octanol–water partition coefficient (Wildman–Crippen LogP) is 4.54. The maximum Gasteiger partial charge on any atom is 0.434 e. The zero-order valence-corrected chi connectivity index (χ0v) is 15.9. The molecule has 4 aromatic rings. The van der Waals surface area contributed by atoms with E-state index in [0.29, 0.717) is 23.5 Å². The normalized spacial score (nSPS) is 11.7. The van der Waals surface area contributed by atoms with E-state index in [-0.39, 0.29) is 16.7 Å². The molecular formula is C19H14F3N5OS. The first kappa shape index (κ1) is 19.1. The van der Waals surface area contributed by atoms with Gasteiger partial charge in [0.15, 0.2) is 16.5 Å². The number of benzene rings is 1. The van der Waals surface area contributed by atoms with Crippen molar-refractivity contribution in [1.82, 2.24) is 24.7 Å². The van der Waals surface area contributed by atoms with E-state index in [4.69, 9.17) is 0 Å². The minimum Gasteiger partial charge on any atom is -0.493 e. The molecule has 0 bridgehead atoms. The van der Waals surface area contributed by atoms with Crippen LogP contribution < -0.4 is 0 Å². The number of thiazole rings is 1. The molecule has 3 aromatic heterocycles. The maximum absolute atomic E-state index is 12.8. The molecule has 0 aliphatic carbocycles. The molecule has 0 unspecified atom stereocenters. The number of hydrogen-bond acceptors (Lipinski definition) is 6. The van der Waals surface area contributed by atoms with E-state index < -0.39 is 11.9 Å². The van der Waals surface area contributed by atoms with Crippen LogP contribution in [0, 0.1) is 6.92 Å². The zero-order chi connectivity index (χ0) is 20.6. The SMILES string of the molecule is Cc1nn(Cc2ccccc2)cc1-c1cc(O)nc(-c2nc(C(F)(F)F)cs2)n1. The van der Waals surface area contributed by atoms with Gasteiger partial charge in [0.1, 0.15) is 0 Å². The van der Waals surface area contributed by atoms with Crippen molar-refractivity contribution in [2.75, 3.05) is 0 Å². The highest BCUT2D eigenvalue weighted by atomic mass is 32.1. The van der Waals surface area contributed by atoms with E-state index in [1.807, 2.05) is 30.3 Å². The molecule has 3 heterocycles. The molecule has 4 rings (SSSR count). The summed E-state index contributed by atoms with van der Waals surface area (Å²) in [6, 6.07) is 11.1. The summed E-state index contributed by atoms with van der Waals surface area (Å²) in [6.45, 7) is 2.34. The highest BCUT2D eigenvalue weighted by molar-refractivity contribution is 7.13. The summed E-state index contributed by atoms with van der Waals surface area (Å²) >= 11 is 0.765. The largest absolute Gasteiger partial charge is 0.493 e. The number of halogens is 3. The van der Waals surface area contributed by atoms with Crippen LogP contribution in [0.15, 0.2) is 48.0 Å². The molecule has 0 spiro atoms. The second-order valence-corrected chi connectivity index (χ2v) is 7.14. The topological polar surface area (TPSA) is 76.7 Å². The summed E-state index contributed by atoms with van der Waals surface area (Å²) < 4.78 is 40.2. The van der Waals surface area contributed by atoms with Gasteiger partial charge >= 0.3 is 6.18 Å². The van der Waals surface area contributed by atoms with E-state index in [2.05, 4.69) is 20.1 Å². The zero-order valence-electron chi connectivity index (χ0n) is 15.1. The lowest BCUT2D eigenvalue weighted by Crippen LogP contribution is -2.05. The summed E-state index contributed by atoms with van der Waals surface area (Å²) in [5.41, 5.74) is 1.72. The van der Waals surface area contributed by atoms with Crippen LogP contribution in [0.25, 0.3) is 22.1 Å². The molecule has 0 saturated carbocycles. The number of aryl methyl sites for hydroxylation is 1. The molecule has 1 N–H and O–H groups in total. The van der Waals surface area contributed by atoms with E-state index >= 15 is 0 Å². The number of aromatic nitrogens is 5. The summed E-state index contributed by atoms with van der Waals surface area (Å²) in [5, 5.41) is 15.3. The third-order valence-electron chi connectivity index (χ3n) is 4.11. The van der Waals surface area contributed by atoms with Crippen molar-refractivity contribution in [2.24, 2.45) is 0 Å². The van der Waals surface area contributed by atoms with Gasteiger partial charge in [0.05, 0.1) is 17.9 Å². The average molecular weight is 417 g/mol. The highest BCUT2D eigenvalue weighted by Crippen LogP contribution is 2.34. The third-order valence-corrected chi connectivity index (χ3v) is 4.95. The summed E-state index contributed by atoms with van der Waals surface area (Å²) in [5.74, 6) is -0.431. The van der Waals surface area contributed by atoms with Crippen molar-refractivity contribution in [3.63, 3.8) is 0 Å². The fraction of sp³-hybridized carbons (Fsp3) is 0.158. The van der Waals surface area contributed by atoms with Crippen molar-refractivity contribution in [3.8, 4) is 28.0 Å². The Morgan fingerprint density at radius 2 is 1.86 bits per heavy atom. The second kappa shape index (κ2) is 7.28. The molecule has 0 saturated heterocycles. The average Bonchev–Trinajstić information content (AvgIpc) is 3.29. The van der Waals surface area contributed by atoms with Crippen molar-refractivity contribution < 1.29 is 18.3 Å². The minimum absolute atomic E-state index is 0.0243.